The summed E-state index contributed by atoms with van der Waals surface area (Å²) in [5.41, 5.74) is -6.36. The number of nitrogens with zero attached hydrogens (tertiary/aromatic N) is 1. The number of rotatable bonds is 8. The van der Waals surface area contributed by atoms with Crippen LogP contribution in [0.25, 0.3) is 0 Å². The van der Waals surface area contributed by atoms with Crippen LogP contribution in [0.1, 0.15) is 178 Å². The number of ether oxygens (including phenoxy) is 4. The predicted molar refractivity (Wildman–Crippen MR) is 367 cm³/mol. The molecule has 17 fully saturated rings. The van der Waals surface area contributed by atoms with Crippen LogP contribution in [0.4, 0.5) is 0 Å². The first-order valence-electron chi connectivity index (χ1n) is 40.8. The summed E-state index contributed by atoms with van der Waals surface area (Å²) in [6.45, 7) is 3.84. The molecule has 12 bridgehead atoms. The number of fused-ring (bicyclic) bond motifs is 7. The highest BCUT2D eigenvalue weighted by Gasteiger charge is 3.04. The SMILES string of the molecule is C[C@]12C[C@H]3C[C@@]45[C@H]6CC7=C[C@@H]8[C@@]9%10CC[C@@H]%11CCC[C@@H]%11[C@@H]9CC=C9CC[C@H](C[C@H]9%10)[C@]89O[C@@]78[C@@]7(COC(=O)[C@]84C=C[C@H](C6)C54CCCC4)[C@@H]9C(=O)[C@@H](O)[C@@]4([C@H]37)[C@H]3C[C@@H](Cc5ccccc5)CC[C@@H]3C#CC[C@@]1(c1ccoc1C[C@@H]([C@@H]1CC[C@H]3[C@H](C=CN5CNC[C@H]35)C1)[C@H](O)CO)OC(=O)[C@H]1O[C@@]142. The molecule has 526 valence electrons. The fraction of sp³-hybridized carbons (Fsp3) is 0.736. The van der Waals surface area contributed by atoms with E-state index in [2.05, 4.69) is 95.9 Å². The van der Waals surface area contributed by atoms with Crippen molar-refractivity contribution in [3.05, 3.63) is 107 Å². The van der Waals surface area contributed by atoms with Crippen molar-refractivity contribution in [2.45, 2.75) is 221 Å². The molecular weight excluding hydrogens is 1250 g/mol. The number of carbonyl (C=O) groups excluding carboxylic acids is 3. The zero-order valence-electron chi connectivity index (χ0n) is 58.5. The first-order valence-corrected chi connectivity index (χ1v) is 40.8. The van der Waals surface area contributed by atoms with Gasteiger partial charge in [0.05, 0.1) is 49.0 Å². The number of esters is 2. The molecule has 32 atom stereocenters. The van der Waals surface area contributed by atoms with Gasteiger partial charge in [-0.3, -0.25) is 14.9 Å². The van der Waals surface area contributed by atoms with Crippen molar-refractivity contribution >= 4 is 17.7 Å². The number of aliphatic hydroxyl groups excluding tert-OH is 3. The fourth-order valence-electron chi connectivity index (χ4n) is 35.5. The van der Waals surface area contributed by atoms with Gasteiger partial charge in [0.2, 0.25) is 0 Å². The van der Waals surface area contributed by atoms with Crippen LogP contribution in [-0.4, -0.2) is 106 Å². The highest BCUT2D eigenvalue weighted by molar-refractivity contribution is 5.96. The number of carbonyl (C=O) groups is 3. The van der Waals surface area contributed by atoms with E-state index < -0.39 is 98.1 Å². The Labute approximate surface area is 588 Å². The maximum absolute atomic E-state index is 18.9. The first kappa shape index (κ1) is 60.5. The van der Waals surface area contributed by atoms with Gasteiger partial charge in [-0.1, -0.05) is 111 Å². The molecule has 12 saturated carbocycles. The summed E-state index contributed by atoms with van der Waals surface area (Å²) in [5, 5.41) is 43.0. The number of aliphatic hydroxyl groups is 3. The normalized spacial score (nSPS) is 55.4. The number of epoxide rings is 1. The van der Waals surface area contributed by atoms with Crippen molar-refractivity contribution in [3.63, 3.8) is 0 Å². The molecule has 0 unspecified atom stereocenters. The molecule has 13 nitrogen and oxygen atoms in total. The van der Waals surface area contributed by atoms with E-state index in [1.54, 1.807) is 11.8 Å². The molecule has 0 amide bonds. The molecule has 1 aromatic carbocycles. The van der Waals surface area contributed by atoms with Gasteiger partial charge < -0.3 is 43.6 Å². The maximum Gasteiger partial charge on any atom is 0.339 e. The third-order valence-corrected chi connectivity index (χ3v) is 37.6. The van der Waals surface area contributed by atoms with Crippen LogP contribution in [0.15, 0.2) is 94.8 Å². The van der Waals surface area contributed by atoms with Crippen molar-refractivity contribution in [3.8, 4) is 11.8 Å². The Bertz CT molecular complexity index is 4160. The summed E-state index contributed by atoms with van der Waals surface area (Å²) >= 11 is 0. The summed E-state index contributed by atoms with van der Waals surface area (Å²) in [6, 6.07) is 13.4. The number of hydrogen-bond donors (Lipinski definition) is 4. The number of hydrogen-bond acceptors (Lipinski definition) is 13. The van der Waals surface area contributed by atoms with Gasteiger partial charge in [-0.15, -0.1) is 0 Å². The molecule has 9 spiro atoms. The zero-order valence-corrected chi connectivity index (χ0v) is 58.5. The Morgan fingerprint density at radius 1 is 0.880 bits per heavy atom. The van der Waals surface area contributed by atoms with Crippen molar-refractivity contribution in [2.24, 2.45) is 144 Å². The predicted octanol–water partition coefficient (Wildman–Crippen LogP) is 12.1. The van der Waals surface area contributed by atoms with E-state index in [4.69, 9.17) is 18.6 Å². The third-order valence-electron chi connectivity index (χ3n) is 37.6. The molecule has 0 radical (unpaired) electrons. The number of nitrogens with one attached hydrogen (secondary N) is 1. The minimum absolute atomic E-state index is 0.0216. The fourth-order valence-corrected chi connectivity index (χ4v) is 35.5. The van der Waals surface area contributed by atoms with Crippen LogP contribution in [-0.2, 0) is 51.8 Å². The second kappa shape index (κ2) is 19.4. The van der Waals surface area contributed by atoms with E-state index in [1.165, 1.54) is 36.8 Å². The van der Waals surface area contributed by atoms with Crippen LogP contribution < -0.4 is 5.32 Å². The van der Waals surface area contributed by atoms with Gasteiger partial charge in [-0.05, 0) is 251 Å². The molecule has 2 aromatic rings. The molecule has 5 saturated heterocycles. The highest BCUT2D eigenvalue weighted by Crippen LogP contribution is 2.97. The molecule has 22 aliphatic rings. The van der Waals surface area contributed by atoms with E-state index in [0.717, 1.165) is 140 Å². The first-order chi connectivity index (χ1) is 48.7. The van der Waals surface area contributed by atoms with Gasteiger partial charge in [0.1, 0.15) is 35.1 Å². The summed E-state index contributed by atoms with van der Waals surface area (Å²) in [4.78, 5) is 55.4. The van der Waals surface area contributed by atoms with Crippen LogP contribution in [0.3, 0.4) is 0 Å². The molecular formula is C87H102N2O11. The second-order valence-corrected chi connectivity index (χ2v) is 38.8. The number of allylic oxidation sites excluding steroid dienone is 4. The zero-order chi connectivity index (χ0) is 66.5. The lowest BCUT2D eigenvalue weighted by Gasteiger charge is -2.75. The number of furan rings is 1. The van der Waals surface area contributed by atoms with Gasteiger partial charge in [0.25, 0.3) is 0 Å². The summed E-state index contributed by atoms with van der Waals surface area (Å²) in [7, 11) is 0. The van der Waals surface area contributed by atoms with Crippen LogP contribution in [0, 0.1) is 156 Å². The van der Waals surface area contributed by atoms with Crippen molar-refractivity contribution in [2.75, 3.05) is 26.4 Å². The lowest BCUT2D eigenvalue weighted by molar-refractivity contribution is -0.323. The Kier molecular flexibility index (Phi) is 11.7. The lowest BCUT2D eigenvalue weighted by atomic mass is 9.27. The summed E-state index contributed by atoms with van der Waals surface area (Å²) < 4.78 is 39.8. The van der Waals surface area contributed by atoms with Gasteiger partial charge in [0, 0.05) is 52.7 Å². The lowest BCUT2D eigenvalue weighted by Crippen LogP contribution is -2.85. The van der Waals surface area contributed by atoms with E-state index >= 15 is 19.5 Å². The van der Waals surface area contributed by atoms with Crippen LogP contribution in [0.2, 0.25) is 0 Å². The van der Waals surface area contributed by atoms with Crippen molar-refractivity contribution in [1.82, 2.24) is 10.2 Å². The molecule has 13 heteroatoms. The van der Waals surface area contributed by atoms with Gasteiger partial charge >= 0.3 is 11.9 Å². The highest BCUT2D eigenvalue weighted by atomic mass is 16.7. The summed E-state index contributed by atoms with van der Waals surface area (Å²) in [5.74, 6) is 9.02. The number of benzene rings is 1. The average molecular weight is 1350 g/mol. The van der Waals surface area contributed by atoms with Crippen LogP contribution in [0.5, 0.6) is 0 Å². The van der Waals surface area contributed by atoms with Crippen molar-refractivity contribution < 1.29 is 53.1 Å². The topological polar surface area (TPSA) is 181 Å². The number of ketones is 1. The molecule has 1 aromatic heterocycles. The number of Topliss-reactive ketones (excluding diaryl/α,β-unsaturated/α-hetero) is 1. The molecule has 4 N–H and O–H groups in total. The minimum Gasteiger partial charge on any atom is -0.469 e. The third kappa shape index (κ3) is 6.14. The summed E-state index contributed by atoms with van der Waals surface area (Å²) in [6.07, 6.45) is 37.4. The Balaban J connectivity index is 0.764. The van der Waals surface area contributed by atoms with Gasteiger partial charge in [-0.25, -0.2) is 4.79 Å². The molecule has 8 heterocycles. The number of cyclic esters (lactones) is 1. The van der Waals surface area contributed by atoms with Gasteiger partial charge in [-0.2, -0.15) is 0 Å². The molecule has 100 heavy (non-hydrogen) atoms. The van der Waals surface area contributed by atoms with E-state index in [-0.39, 0.29) is 88.9 Å². The Morgan fingerprint density at radius 3 is 2.65 bits per heavy atom. The van der Waals surface area contributed by atoms with E-state index in [1.807, 2.05) is 6.07 Å². The maximum atomic E-state index is 18.9. The molecule has 15 aliphatic carbocycles. The van der Waals surface area contributed by atoms with E-state index in [9.17, 15) is 14.9 Å². The molecule has 24 rings (SSSR count). The van der Waals surface area contributed by atoms with Crippen molar-refractivity contribution in [1.29, 1.82) is 0 Å². The smallest absolute Gasteiger partial charge is 0.339 e. The van der Waals surface area contributed by atoms with E-state index in [0.29, 0.717) is 60.7 Å². The quantitative estimate of drug-likeness (QED) is 0.0849. The minimum atomic E-state index is -1.58. The second-order valence-electron chi connectivity index (χ2n) is 38.8. The molecule has 7 aliphatic heterocycles. The Hall–Kier alpha value is -4.81. The largest absolute Gasteiger partial charge is 0.469 e. The monoisotopic (exact) mass is 1350 g/mol. The van der Waals surface area contributed by atoms with Gasteiger partial charge in [0.15, 0.2) is 17.5 Å². The van der Waals surface area contributed by atoms with Crippen LogP contribution >= 0.6 is 0 Å². The standard InChI is InChI=1S/C87H102N2O11/c1-77-41-54-42-82-57-36-55(78(82)26-5-6-27-78)23-30-81(82)76(95)97-45-80-71(54)84(73(93)70(92)72(80)85-56-19-16-51-18-21-62-59-13-7-11-49(59)22-29-79(62,64(51)38-56)69(85)39-58(37-57)86(80,81)100-85)65-34-48(33-47-9-3-2-4-10-47)14-15-50(65)12-8-28-83(77,99-75(94)74-87(77,84)98-74)63-25-32-96-68(63)40-61(67(91)44-90)52-17-20-60-53(35-52)24-31-89-46-88-43-66(60)89/h2-4,9-10,18,23-25,30-32,39,48-50,52-57,59-62,64-67,69,71-74,88,90-91,93H,5-7,11,13-17,19-22,26-29,33-38,40-46H2,1H3/t48-,49+,50+,52-,53-,54+,55-,56-,57-,59+,60+,61+,62+,64-,65+,66-,67-,69-,71-,72+,73-,74-,77+,79+,80-,81+,82+,83+,84+,85+,86-,87-/m1/s1. The average Bonchev–Trinajstić information content (AvgIpc) is 1.40. The Morgan fingerprint density at radius 2 is 1.77 bits per heavy atom.